The van der Waals surface area contributed by atoms with Crippen LogP contribution in [0.25, 0.3) is 54.9 Å². The van der Waals surface area contributed by atoms with Crippen LogP contribution in [-0.4, -0.2) is 0 Å². The topological polar surface area (TPSA) is 0 Å². The standard InChI is InChI=1S/C38H32/c1-23-14-18-31-33(20-23)37(27-17-19-35-32(22-27)28-10-8-9-13-34(28)38(35,4)5)30-12-7-6-11-29(30)36(31)26-16-15-24(2)25(3)21-26/h6-22H,1-5H3. The van der Waals surface area contributed by atoms with Gasteiger partial charge in [-0.25, -0.2) is 0 Å². The fourth-order valence-corrected chi connectivity index (χ4v) is 6.69. The van der Waals surface area contributed by atoms with Gasteiger partial charge in [-0.3, -0.25) is 0 Å². The predicted octanol–water partition coefficient (Wildman–Crippen LogP) is 10.6. The summed E-state index contributed by atoms with van der Waals surface area (Å²) in [7, 11) is 0. The van der Waals surface area contributed by atoms with Crippen LogP contribution < -0.4 is 0 Å². The van der Waals surface area contributed by atoms with Gasteiger partial charge in [0.15, 0.2) is 0 Å². The Morgan fingerprint density at radius 1 is 0.447 bits per heavy atom. The molecule has 0 heteroatoms. The van der Waals surface area contributed by atoms with Crippen molar-refractivity contribution >= 4 is 21.5 Å². The van der Waals surface area contributed by atoms with E-state index >= 15 is 0 Å². The molecule has 0 radical (unpaired) electrons. The zero-order valence-corrected chi connectivity index (χ0v) is 22.8. The predicted molar refractivity (Wildman–Crippen MR) is 164 cm³/mol. The summed E-state index contributed by atoms with van der Waals surface area (Å²) in [5.74, 6) is 0. The molecule has 0 saturated heterocycles. The molecule has 1 aliphatic rings. The lowest BCUT2D eigenvalue weighted by Crippen LogP contribution is -2.14. The highest BCUT2D eigenvalue weighted by Crippen LogP contribution is 2.51. The Kier molecular flexibility index (Phi) is 4.94. The number of hydrogen-bond donors (Lipinski definition) is 0. The van der Waals surface area contributed by atoms with Crippen LogP contribution in [0.4, 0.5) is 0 Å². The molecule has 6 aromatic carbocycles. The zero-order valence-electron chi connectivity index (χ0n) is 22.8. The highest BCUT2D eigenvalue weighted by Gasteiger charge is 2.35. The second kappa shape index (κ2) is 8.17. The van der Waals surface area contributed by atoms with Crippen molar-refractivity contribution in [1.29, 1.82) is 0 Å². The fraction of sp³-hybridized carbons (Fsp3) is 0.158. The molecule has 0 bridgehead atoms. The molecule has 0 aromatic heterocycles. The van der Waals surface area contributed by atoms with E-state index < -0.39 is 0 Å². The summed E-state index contributed by atoms with van der Waals surface area (Å²) >= 11 is 0. The third kappa shape index (κ3) is 3.23. The maximum absolute atomic E-state index is 2.45. The lowest BCUT2D eigenvalue weighted by atomic mass is 9.81. The molecule has 1 aliphatic carbocycles. The highest BCUT2D eigenvalue weighted by molar-refractivity contribution is 6.21. The maximum Gasteiger partial charge on any atom is 0.0158 e. The Morgan fingerprint density at radius 2 is 1.05 bits per heavy atom. The summed E-state index contributed by atoms with van der Waals surface area (Å²) in [4.78, 5) is 0. The molecule has 7 rings (SSSR count). The Labute approximate surface area is 225 Å². The Morgan fingerprint density at radius 3 is 1.82 bits per heavy atom. The average Bonchev–Trinajstić information content (AvgIpc) is 3.15. The third-order valence-electron chi connectivity index (χ3n) is 8.85. The van der Waals surface area contributed by atoms with Crippen LogP contribution in [0, 0.1) is 20.8 Å². The molecular formula is C38H32. The van der Waals surface area contributed by atoms with Crippen molar-refractivity contribution in [2.24, 2.45) is 0 Å². The van der Waals surface area contributed by atoms with Gasteiger partial charge in [-0.05, 0) is 104 Å². The van der Waals surface area contributed by atoms with Crippen LogP contribution in [0.15, 0.2) is 103 Å². The van der Waals surface area contributed by atoms with Gasteiger partial charge in [-0.2, -0.15) is 0 Å². The third-order valence-corrected chi connectivity index (χ3v) is 8.85. The fourth-order valence-electron chi connectivity index (χ4n) is 6.69. The molecule has 0 spiro atoms. The van der Waals surface area contributed by atoms with Crippen molar-refractivity contribution in [2.45, 2.75) is 40.0 Å². The molecule has 0 unspecified atom stereocenters. The first kappa shape index (κ1) is 23.0. The summed E-state index contributed by atoms with van der Waals surface area (Å²) < 4.78 is 0. The minimum absolute atomic E-state index is 0.0122. The van der Waals surface area contributed by atoms with Crippen molar-refractivity contribution in [1.82, 2.24) is 0 Å². The van der Waals surface area contributed by atoms with E-state index in [0.717, 1.165) is 0 Å². The van der Waals surface area contributed by atoms with Crippen LogP contribution in [0.1, 0.15) is 41.7 Å². The normalized spacial score (nSPS) is 13.6. The molecule has 0 aliphatic heterocycles. The second-order valence-corrected chi connectivity index (χ2v) is 11.6. The van der Waals surface area contributed by atoms with Gasteiger partial charge in [0.2, 0.25) is 0 Å². The minimum atomic E-state index is 0.0122. The van der Waals surface area contributed by atoms with E-state index in [0.29, 0.717) is 0 Å². The van der Waals surface area contributed by atoms with Gasteiger partial charge in [0.25, 0.3) is 0 Å². The van der Waals surface area contributed by atoms with E-state index in [9.17, 15) is 0 Å². The summed E-state index contributed by atoms with van der Waals surface area (Å²) in [6.45, 7) is 11.3. The first-order chi connectivity index (χ1) is 18.3. The lowest BCUT2D eigenvalue weighted by Gasteiger charge is -2.22. The van der Waals surface area contributed by atoms with Crippen molar-refractivity contribution in [2.75, 3.05) is 0 Å². The van der Waals surface area contributed by atoms with Crippen LogP contribution >= 0.6 is 0 Å². The molecule has 0 nitrogen and oxygen atoms in total. The largest absolute Gasteiger partial charge is 0.0619 e. The van der Waals surface area contributed by atoms with Crippen molar-refractivity contribution < 1.29 is 0 Å². The molecule has 0 amide bonds. The SMILES string of the molecule is Cc1ccc2c(-c3ccc(C)c(C)c3)c3ccccc3c(-c3ccc4c(c3)-c3ccccc3C4(C)C)c2c1. The molecule has 0 saturated carbocycles. The quantitative estimate of drug-likeness (QED) is 0.213. The summed E-state index contributed by atoms with van der Waals surface area (Å²) in [6, 6.07) is 38.9. The second-order valence-electron chi connectivity index (χ2n) is 11.6. The smallest absolute Gasteiger partial charge is 0.0158 e. The zero-order chi connectivity index (χ0) is 26.2. The van der Waals surface area contributed by atoms with Crippen LogP contribution in [-0.2, 0) is 5.41 Å². The van der Waals surface area contributed by atoms with Gasteiger partial charge in [0.1, 0.15) is 0 Å². The Hall–Kier alpha value is -4.16. The van der Waals surface area contributed by atoms with Gasteiger partial charge < -0.3 is 0 Å². The number of aryl methyl sites for hydroxylation is 3. The van der Waals surface area contributed by atoms with Crippen LogP contribution in [0.2, 0.25) is 0 Å². The van der Waals surface area contributed by atoms with E-state index in [1.807, 2.05) is 0 Å². The van der Waals surface area contributed by atoms with Crippen molar-refractivity contribution in [3.8, 4) is 33.4 Å². The van der Waals surface area contributed by atoms with E-state index in [1.165, 1.54) is 82.7 Å². The first-order valence-electron chi connectivity index (χ1n) is 13.6. The Bertz CT molecular complexity index is 1920. The van der Waals surface area contributed by atoms with E-state index in [2.05, 4.69) is 138 Å². The molecule has 0 atom stereocenters. The molecule has 0 fully saturated rings. The number of rotatable bonds is 2. The van der Waals surface area contributed by atoms with E-state index in [4.69, 9.17) is 0 Å². The molecule has 6 aromatic rings. The number of hydrogen-bond acceptors (Lipinski definition) is 0. The highest BCUT2D eigenvalue weighted by atomic mass is 14.4. The number of benzene rings is 6. The Balaban J connectivity index is 1.59. The summed E-state index contributed by atoms with van der Waals surface area (Å²) in [5, 5.41) is 5.25. The van der Waals surface area contributed by atoms with Gasteiger partial charge in [-0.1, -0.05) is 116 Å². The van der Waals surface area contributed by atoms with Crippen LogP contribution in [0.5, 0.6) is 0 Å². The molecular weight excluding hydrogens is 456 g/mol. The molecule has 38 heavy (non-hydrogen) atoms. The van der Waals surface area contributed by atoms with E-state index in [-0.39, 0.29) is 5.41 Å². The summed E-state index contributed by atoms with van der Waals surface area (Å²) in [5.41, 5.74) is 14.8. The monoisotopic (exact) mass is 488 g/mol. The van der Waals surface area contributed by atoms with Gasteiger partial charge in [0.05, 0.1) is 0 Å². The minimum Gasteiger partial charge on any atom is -0.0619 e. The molecule has 0 heterocycles. The summed E-state index contributed by atoms with van der Waals surface area (Å²) in [6.07, 6.45) is 0. The van der Waals surface area contributed by atoms with Crippen LogP contribution in [0.3, 0.4) is 0 Å². The van der Waals surface area contributed by atoms with E-state index in [1.54, 1.807) is 0 Å². The average molecular weight is 489 g/mol. The van der Waals surface area contributed by atoms with Crippen molar-refractivity contribution in [3.05, 3.63) is 131 Å². The molecule has 0 N–H and O–H groups in total. The maximum atomic E-state index is 2.45. The lowest BCUT2D eigenvalue weighted by molar-refractivity contribution is 0.660. The first-order valence-corrected chi connectivity index (χ1v) is 13.6. The molecule has 184 valence electrons. The van der Waals surface area contributed by atoms with Gasteiger partial charge in [-0.15, -0.1) is 0 Å². The van der Waals surface area contributed by atoms with Gasteiger partial charge in [0, 0.05) is 5.41 Å². The number of fused-ring (bicyclic) bond motifs is 5. The van der Waals surface area contributed by atoms with Gasteiger partial charge >= 0.3 is 0 Å². The van der Waals surface area contributed by atoms with Crippen molar-refractivity contribution in [3.63, 3.8) is 0 Å².